The van der Waals surface area contributed by atoms with Crippen LogP contribution in [0.2, 0.25) is 0 Å². The van der Waals surface area contributed by atoms with Gasteiger partial charge in [0.2, 0.25) is 0 Å². The molecule has 0 aliphatic carbocycles. The van der Waals surface area contributed by atoms with Crippen LogP contribution in [0.3, 0.4) is 0 Å². The largest absolute Gasteiger partial charge is 0.336 e. The highest BCUT2D eigenvalue weighted by atomic mass is 16.2. The number of carbonyl (C=O) groups is 2. The monoisotopic (exact) mass is 330 g/mol. The minimum Gasteiger partial charge on any atom is -0.336 e. The Kier molecular flexibility index (Phi) is 7.44. The van der Waals surface area contributed by atoms with Crippen LogP contribution in [0.4, 0.5) is 0 Å². The molecule has 0 saturated carbocycles. The van der Waals surface area contributed by atoms with E-state index in [0.29, 0.717) is 17.2 Å². The van der Waals surface area contributed by atoms with Gasteiger partial charge in [-0.3, -0.25) is 14.5 Å². The summed E-state index contributed by atoms with van der Waals surface area (Å²) in [7, 11) is 0. The Labute approximate surface area is 145 Å². The maximum Gasteiger partial charge on any atom is 0.253 e. The molecule has 1 aliphatic heterocycles. The minimum atomic E-state index is 0.0719. The SMILES string of the molecule is CCCCCCC(C)N1CCN(C(=O)c2ccc(C=O)cc2)CC1. The molecule has 1 fully saturated rings. The average molecular weight is 330 g/mol. The second-order valence-corrected chi connectivity index (χ2v) is 6.77. The second-order valence-electron chi connectivity index (χ2n) is 6.77. The first-order chi connectivity index (χ1) is 11.7. The van der Waals surface area contributed by atoms with Crippen molar-refractivity contribution < 1.29 is 9.59 Å². The van der Waals surface area contributed by atoms with Crippen LogP contribution in [0.15, 0.2) is 24.3 Å². The minimum absolute atomic E-state index is 0.0719. The number of amides is 1. The zero-order valence-electron chi connectivity index (χ0n) is 15.0. The van der Waals surface area contributed by atoms with Crippen molar-refractivity contribution in [2.45, 2.75) is 52.0 Å². The Bertz CT molecular complexity index is 519. The molecule has 24 heavy (non-hydrogen) atoms. The van der Waals surface area contributed by atoms with Crippen molar-refractivity contribution in [2.75, 3.05) is 26.2 Å². The Hall–Kier alpha value is -1.68. The van der Waals surface area contributed by atoms with Crippen molar-refractivity contribution in [1.82, 2.24) is 9.80 Å². The van der Waals surface area contributed by atoms with Crippen LogP contribution >= 0.6 is 0 Å². The third kappa shape index (κ3) is 5.17. The normalized spacial score (nSPS) is 16.8. The summed E-state index contributed by atoms with van der Waals surface area (Å²) < 4.78 is 0. The molecule has 1 atom stereocenters. The van der Waals surface area contributed by atoms with E-state index < -0.39 is 0 Å². The van der Waals surface area contributed by atoms with Crippen molar-refractivity contribution in [2.24, 2.45) is 0 Å². The van der Waals surface area contributed by atoms with E-state index in [1.165, 1.54) is 32.1 Å². The van der Waals surface area contributed by atoms with Crippen molar-refractivity contribution in [1.29, 1.82) is 0 Å². The van der Waals surface area contributed by atoms with Gasteiger partial charge in [0, 0.05) is 43.3 Å². The first-order valence-electron chi connectivity index (χ1n) is 9.24. The second kappa shape index (κ2) is 9.58. The van der Waals surface area contributed by atoms with Gasteiger partial charge in [-0.1, -0.05) is 44.7 Å². The number of benzene rings is 1. The fourth-order valence-electron chi connectivity index (χ4n) is 3.30. The van der Waals surface area contributed by atoms with Crippen LogP contribution in [-0.2, 0) is 0 Å². The van der Waals surface area contributed by atoms with E-state index in [1.807, 2.05) is 4.90 Å². The predicted octanol–water partition coefficient (Wildman–Crippen LogP) is 3.62. The Morgan fingerprint density at radius 1 is 1.08 bits per heavy atom. The van der Waals surface area contributed by atoms with E-state index in [1.54, 1.807) is 24.3 Å². The first kappa shape index (κ1) is 18.7. The third-order valence-electron chi connectivity index (χ3n) is 4.99. The lowest BCUT2D eigenvalue weighted by atomic mass is 10.1. The number of rotatable bonds is 8. The lowest BCUT2D eigenvalue weighted by molar-refractivity contribution is 0.0573. The molecular formula is C20H30N2O2. The summed E-state index contributed by atoms with van der Waals surface area (Å²) in [6, 6.07) is 7.50. The Morgan fingerprint density at radius 3 is 2.33 bits per heavy atom. The fourth-order valence-corrected chi connectivity index (χ4v) is 3.30. The van der Waals surface area contributed by atoms with Gasteiger partial charge in [-0.2, -0.15) is 0 Å². The Balaban J connectivity index is 1.78. The molecule has 0 bridgehead atoms. The van der Waals surface area contributed by atoms with Crippen molar-refractivity contribution in [3.05, 3.63) is 35.4 Å². The molecule has 1 unspecified atom stereocenters. The van der Waals surface area contributed by atoms with E-state index in [4.69, 9.17) is 0 Å². The smallest absolute Gasteiger partial charge is 0.253 e. The molecule has 0 radical (unpaired) electrons. The van der Waals surface area contributed by atoms with E-state index >= 15 is 0 Å². The van der Waals surface area contributed by atoms with Crippen molar-refractivity contribution in [3.63, 3.8) is 0 Å². The van der Waals surface area contributed by atoms with Crippen molar-refractivity contribution >= 4 is 12.2 Å². The highest BCUT2D eigenvalue weighted by molar-refractivity contribution is 5.95. The molecule has 4 nitrogen and oxygen atoms in total. The number of hydrogen-bond donors (Lipinski definition) is 0. The van der Waals surface area contributed by atoms with Gasteiger partial charge in [0.15, 0.2) is 0 Å². The predicted molar refractivity (Wildman–Crippen MR) is 97.5 cm³/mol. The standard InChI is InChI=1S/C20H30N2O2/c1-3-4-5-6-7-17(2)21-12-14-22(15-13-21)20(24)19-10-8-18(16-23)9-11-19/h8-11,16-17H,3-7,12-15H2,1-2H3. The van der Waals surface area contributed by atoms with E-state index in [9.17, 15) is 9.59 Å². The molecule has 1 aromatic rings. The molecule has 0 N–H and O–H groups in total. The molecule has 4 heteroatoms. The van der Waals surface area contributed by atoms with E-state index in [2.05, 4.69) is 18.7 Å². The molecule has 1 heterocycles. The first-order valence-corrected chi connectivity index (χ1v) is 9.24. The van der Waals surface area contributed by atoms with Gasteiger partial charge in [-0.15, -0.1) is 0 Å². The lowest BCUT2D eigenvalue weighted by Crippen LogP contribution is -2.51. The zero-order chi connectivity index (χ0) is 17.4. The average Bonchev–Trinajstić information content (AvgIpc) is 2.64. The summed E-state index contributed by atoms with van der Waals surface area (Å²) in [5.41, 5.74) is 1.27. The number of carbonyl (C=O) groups excluding carboxylic acids is 2. The quantitative estimate of drug-likeness (QED) is 0.540. The van der Waals surface area contributed by atoms with Crippen LogP contribution in [0.5, 0.6) is 0 Å². The van der Waals surface area contributed by atoms with Gasteiger partial charge < -0.3 is 4.90 Å². The fraction of sp³-hybridized carbons (Fsp3) is 0.600. The van der Waals surface area contributed by atoms with Crippen molar-refractivity contribution in [3.8, 4) is 0 Å². The summed E-state index contributed by atoms with van der Waals surface area (Å²) in [5, 5.41) is 0. The van der Waals surface area contributed by atoms with Crippen LogP contribution in [-0.4, -0.2) is 54.2 Å². The summed E-state index contributed by atoms with van der Waals surface area (Å²) in [6.07, 6.45) is 7.30. The zero-order valence-corrected chi connectivity index (χ0v) is 15.0. The van der Waals surface area contributed by atoms with Gasteiger partial charge in [0.05, 0.1) is 0 Å². The van der Waals surface area contributed by atoms with E-state index in [0.717, 1.165) is 32.5 Å². The van der Waals surface area contributed by atoms with Gasteiger partial charge in [-0.05, 0) is 25.5 Å². The number of nitrogens with zero attached hydrogens (tertiary/aromatic N) is 2. The highest BCUT2D eigenvalue weighted by Crippen LogP contribution is 2.15. The molecule has 1 aliphatic rings. The van der Waals surface area contributed by atoms with Gasteiger partial charge in [-0.25, -0.2) is 0 Å². The molecule has 0 spiro atoms. The van der Waals surface area contributed by atoms with Crippen LogP contribution < -0.4 is 0 Å². The number of piperazine rings is 1. The number of hydrogen-bond acceptors (Lipinski definition) is 3. The molecule has 132 valence electrons. The van der Waals surface area contributed by atoms with Gasteiger partial charge in [0.1, 0.15) is 6.29 Å². The third-order valence-corrected chi connectivity index (χ3v) is 4.99. The molecule has 1 amide bonds. The molecule has 2 rings (SSSR count). The molecule has 0 aromatic heterocycles. The summed E-state index contributed by atoms with van der Waals surface area (Å²) in [6.45, 7) is 8.02. The molecule has 1 aromatic carbocycles. The number of aldehydes is 1. The van der Waals surface area contributed by atoms with Gasteiger partial charge in [0.25, 0.3) is 5.91 Å². The maximum absolute atomic E-state index is 12.5. The van der Waals surface area contributed by atoms with Crippen LogP contribution in [0.1, 0.15) is 66.7 Å². The topological polar surface area (TPSA) is 40.6 Å². The van der Waals surface area contributed by atoms with Crippen LogP contribution in [0, 0.1) is 0 Å². The Morgan fingerprint density at radius 2 is 1.75 bits per heavy atom. The summed E-state index contributed by atoms with van der Waals surface area (Å²) >= 11 is 0. The highest BCUT2D eigenvalue weighted by Gasteiger charge is 2.24. The number of unbranched alkanes of at least 4 members (excludes halogenated alkanes) is 3. The lowest BCUT2D eigenvalue weighted by Gasteiger charge is -2.38. The van der Waals surface area contributed by atoms with Crippen LogP contribution in [0.25, 0.3) is 0 Å². The summed E-state index contributed by atoms with van der Waals surface area (Å²) in [5.74, 6) is 0.0719. The molecule has 1 saturated heterocycles. The van der Waals surface area contributed by atoms with E-state index in [-0.39, 0.29) is 5.91 Å². The summed E-state index contributed by atoms with van der Waals surface area (Å²) in [4.78, 5) is 27.7. The van der Waals surface area contributed by atoms with Gasteiger partial charge >= 0.3 is 0 Å². The molecular weight excluding hydrogens is 300 g/mol. The maximum atomic E-state index is 12.5.